The predicted octanol–water partition coefficient (Wildman–Crippen LogP) is 3.47. The summed E-state index contributed by atoms with van der Waals surface area (Å²) in [7, 11) is 0. The lowest BCUT2D eigenvalue weighted by Crippen LogP contribution is -2.06. The average molecular weight is 388 g/mol. The van der Waals surface area contributed by atoms with Crippen molar-refractivity contribution in [3.8, 4) is 22.5 Å². The third kappa shape index (κ3) is 4.21. The van der Waals surface area contributed by atoms with E-state index in [1.807, 2.05) is 16.9 Å². The van der Waals surface area contributed by atoms with Gasteiger partial charge in [0.05, 0.1) is 0 Å². The van der Waals surface area contributed by atoms with E-state index in [0.717, 1.165) is 60.6 Å². The molecule has 0 saturated heterocycles. The minimum Gasteiger partial charge on any atom is -0.264 e. The van der Waals surface area contributed by atoms with Gasteiger partial charge in [0.25, 0.3) is 0 Å². The monoisotopic (exact) mass is 388 g/mol. The van der Waals surface area contributed by atoms with Gasteiger partial charge in [-0.1, -0.05) is 38.1 Å². The fraction of sp³-hybridized carbons (Fsp3) is 0.333. The van der Waals surface area contributed by atoms with Crippen LogP contribution in [-0.4, -0.2) is 40.4 Å². The Balaban J connectivity index is 1.59. The first kappa shape index (κ1) is 18.9. The lowest BCUT2D eigenvalue weighted by atomic mass is 9.99. The van der Waals surface area contributed by atoms with Gasteiger partial charge >= 0.3 is 0 Å². The maximum absolute atomic E-state index is 4.76. The summed E-state index contributed by atoms with van der Waals surface area (Å²) < 4.78 is 2.05. The van der Waals surface area contributed by atoms with Gasteiger partial charge in [0, 0.05) is 42.9 Å². The van der Waals surface area contributed by atoms with E-state index in [1.54, 1.807) is 6.20 Å². The molecule has 0 radical (unpaired) electrons. The molecule has 0 spiro atoms. The number of aromatic nitrogens is 8. The highest BCUT2D eigenvalue weighted by atomic mass is 15.5. The minimum absolute atomic E-state index is 0.558. The van der Waals surface area contributed by atoms with Crippen LogP contribution in [-0.2, 0) is 19.4 Å². The van der Waals surface area contributed by atoms with Gasteiger partial charge in [0.1, 0.15) is 5.82 Å². The van der Waals surface area contributed by atoms with E-state index in [9.17, 15) is 0 Å². The van der Waals surface area contributed by atoms with Crippen LogP contribution >= 0.6 is 0 Å². The van der Waals surface area contributed by atoms with E-state index < -0.39 is 0 Å². The van der Waals surface area contributed by atoms with Gasteiger partial charge in [-0.25, -0.2) is 9.67 Å². The van der Waals surface area contributed by atoms with Crippen molar-refractivity contribution in [2.75, 3.05) is 0 Å². The highest BCUT2D eigenvalue weighted by molar-refractivity contribution is 5.79. The summed E-state index contributed by atoms with van der Waals surface area (Å²) in [6.45, 7) is 5.21. The molecule has 0 aliphatic heterocycles. The van der Waals surface area contributed by atoms with Crippen molar-refractivity contribution < 1.29 is 0 Å². The van der Waals surface area contributed by atoms with E-state index in [2.05, 4.69) is 68.8 Å². The van der Waals surface area contributed by atoms with Crippen molar-refractivity contribution in [1.29, 1.82) is 0 Å². The Hall–Kier alpha value is -3.42. The molecular formula is C21H24N8. The number of aryl methyl sites for hydroxylation is 2. The van der Waals surface area contributed by atoms with E-state index >= 15 is 0 Å². The molecule has 1 aromatic carbocycles. The van der Waals surface area contributed by atoms with Crippen molar-refractivity contribution >= 4 is 0 Å². The fourth-order valence-electron chi connectivity index (χ4n) is 3.36. The third-order valence-corrected chi connectivity index (χ3v) is 4.74. The summed E-state index contributed by atoms with van der Waals surface area (Å²) >= 11 is 0. The Morgan fingerprint density at radius 3 is 2.59 bits per heavy atom. The zero-order valence-corrected chi connectivity index (χ0v) is 16.7. The first-order chi connectivity index (χ1) is 14.3. The van der Waals surface area contributed by atoms with Crippen molar-refractivity contribution in [3.05, 3.63) is 59.9 Å². The predicted molar refractivity (Wildman–Crippen MR) is 110 cm³/mol. The number of hydrogen-bond acceptors (Lipinski definition) is 6. The standard InChI is InChI=1S/C21H24N8/c1-3-5-19-23-20(29(26-19)12-4-2)13-15-6-8-16(9-7-15)18-14-22-11-10-17(18)21-24-27-28-25-21/h6-11,14H,3-5,12-13H2,1-2H3,(H,24,25,27,28). The summed E-state index contributed by atoms with van der Waals surface area (Å²) in [6.07, 6.45) is 7.34. The molecular weight excluding hydrogens is 364 g/mol. The largest absolute Gasteiger partial charge is 0.264 e. The third-order valence-electron chi connectivity index (χ3n) is 4.74. The van der Waals surface area contributed by atoms with Gasteiger partial charge in [-0.3, -0.25) is 4.98 Å². The van der Waals surface area contributed by atoms with E-state index in [4.69, 9.17) is 4.98 Å². The van der Waals surface area contributed by atoms with Crippen LogP contribution in [0.3, 0.4) is 0 Å². The molecule has 1 N–H and O–H groups in total. The molecule has 4 rings (SSSR count). The van der Waals surface area contributed by atoms with Crippen LogP contribution in [0.5, 0.6) is 0 Å². The number of tetrazole rings is 1. The number of nitrogens with zero attached hydrogens (tertiary/aromatic N) is 7. The van der Waals surface area contributed by atoms with E-state index in [0.29, 0.717) is 5.82 Å². The molecule has 3 heterocycles. The Labute approximate surface area is 169 Å². The summed E-state index contributed by atoms with van der Waals surface area (Å²) in [4.78, 5) is 9.02. The topological polar surface area (TPSA) is 98.1 Å². The van der Waals surface area contributed by atoms with Gasteiger partial charge in [0.2, 0.25) is 5.82 Å². The molecule has 8 nitrogen and oxygen atoms in total. The highest BCUT2D eigenvalue weighted by Gasteiger charge is 2.13. The van der Waals surface area contributed by atoms with Gasteiger partial charge in [0.15, 0.2) is 5.82 Å². The van der Waals surface area contributed by atoms with Gasteiger partial charge in [-0.15, -0.1) is 10.2 Å². The molecule has 3 aromatic heterocycles. The van der Waals surface area contributed by atoms with Crippen LogP contribution in [0.15, 0.2) is 42.7 Å². The SMILES string of the molecule is CCCc1nc(Cc2ccc(-c3cnccc3-c3nn[nH]n3)cc2)n(CCC)n1. The number of aromatic amines is 1. The van der Waals surface area contributed by atoms with Crippen LogP contribution in [0.1, 0.15) is 43.9 Å². The summed E-state index contributed by atoms with van der Waals surface area (Å²) in [5.41, 5.74) is 4.13. The summed E-state index contributed by atoms with van der Waals surface area (Å²) in [6, 6.07) is 10.4. The van der Waals surface area contributed by atoms with Crippen molar-refractivity contribution in [2.24, 2.45) is 0 Å². The van der Waals surface area contributed by atoms with Gasteiger partial charge in [-0.05, 0) is 35.2 Å². The number of nitrogens with one attached hydrogen (secondary N) is 1. The maximum atomic E-state index is 4.76. The van der Waals surface area contributed by atoms with Crippen LogP contribution < -0.4 is 0 Å². The Morgan fingerprint density at radius 1 is 1.00 bits per heavy atom. The van der Waals surface area contributed by atoms with E-state index in [-0.39, 0.29) is 0 Å². The number of pyridine rings is 1. The second kappa shape index (κ2) is 8.72. The fourth-order valence-corrected chi connectivity index (χ4v) is 3.36. The van der Waals surface area contributed by atoms with Gasteiger partial charge < -0.3 is 0 Å². The molecule has 0 saturated carbocycles. The number of rotatable bonds is 8. The normalized spacial score (nSPS) is 11.1. The average Bonchev–Trinajstić information content (AvgIpc) is 3.40. The number of benzene rings is 1. The molecule has 0 unspecified atom stereocenters. The second-order valence-corrected chi connectivity index (χ2v) is 6.95. The lowest BCUT2D eigenvalue weighted by molar-refractivity contribution is 0.570. The molecule has 0 amide bonds. The zero-order chi connectivity index (χ0) is 20.1. The van der Waals surface area contributed by atoms with Crippen molar-refractivity contribution in [2.45, 2.75) is 46.1 Å². The van der Waals surface area contributed by atoms with Crippen molar-refractivity contribution in [1.82, 2.24) is 40.4 Å². The molecule has 8 heteroatoms. The molecule has 0 fully saturated rings. The van der Waals surface area contributed by atoms with E-state index in [1.165, 1.54) is 5.56 Å². The van der Waals surface area contributed by atoms with Gasteiger partial charge in [-0.2, -0.15) is 10.3 Å². The quantitative estimate of drug-likeness (QED) is 0.496. The number of H-pyrrole nitrogens is 1. The molecule has 29 heavy (non-hydrogen) atoms. The van der Waals surface area contributed by atoms with Crippen molar-refractivity contribution in [3.63, 3.8) is 0 Å². The zero-order valence-electron chi connectivity index (χ0n) is 16.7. The molecule has 0 atom stereocenters. The Morgan fingerprint density at radius 2 is 1.86 bits per heavy atom. The Bertz CT molecular complexity index is 1050. The van der Waals surface area contributed by atoms with Crippen LogP contribution in [0, 0.1) is 0 Å². The second-order valence-electron chi connectivity index (χ2n) is 6.95. The molecule has 0 aliphatic rings. The molecule has 4 aromatic rings. The van der Waals surface area contributed by atoms with Crippen LogP contribution in [0.25, 0.3) is 22.5 Å². The lowest BCUT2D eigenvalue weighted by Gasteiger charge is -2.08. The smallest absolute Gasteiger partial charge is 0.205 e. The van der Waals surface area contributed by atoms with Crippen LogP contribution in [0.4, 0.5) is 0 Å². The highest BCUT2D eigenvalue weighted by Crippen LogP contribution is 2.29. The maximum Gasteiger partial charge on any atom is 0.205 e. The molecule has 0 aliphatic carbocycles. The van der Waals surface area contributed by atoms with Crippen LogP contribution in [0.2, 0.25) is 0 Å². The summed E-state index contributed by atoms with van der Waals surface area (Å²) in [5.74, 6) is 2.52. The first-order valence-corrected chi connectivity index (χ1v) is 9.98. The first-order valence-electron chi connectivity index (χ1n) is 9.98. The Kier molecular flexibility index (Phi) is 5.69. The number of hydrogen-bond donors (Lipinski definition) is 1. The summed E-state index contributed by atoms with van der Waals surface area (Å²) in [5, 5.41) is 19.0. The molecule has 0 bridgehead atoms. The molecule has 148 valence electrons. The minimum atomic E-state index is 0.558.